The molecule has 0 saturated carbocycles. The van der Waals surface area contributed by atoms with Crippen molar-refractivity contribution in [2.75, 3.05) is 4.90 Å². The van der Waals surface area contributed by atoms with Gasteiger partial charge in [-0.25, -0.2) is 0 Å². The van der Waals surface area contributed by atoms with Crippen molar-refractivity contribution in [2.45, 2.75) is 13.1 Å². The second-order valence-electron chi connectivity index (χ2n) is 3.68. The lowest BCUT2D eigenvalue weighted by Crippen LogP contribution is -2.52. The van der Waals surface area contributed by atoms with Gasteiger partial charge in [-0.15, -0.1) is 0 Å². The number of nitrogens with two attached hydrogens (primary N) is 1. The number of hydrogen-bond acceptors (Lipinski definition) is 3. The molecule has 0 fully saturated rings. The number of amides is 1. The first-order chi connectivity index (χ1) is 8.02. The Bertz CT molecular complexity index is 515. The number of anilines is 1. The molecule has 0 spiro atoms. The van der Waals surface area contributed by atoms with Crippen molar-refractivity contribution in [1.82, 2.24) is 5.32 Å². The first-order valence-corrected chi connectivity index (χ1v) is 5.42. The van der Waals surface area contributed by atoms with Crippen molar-refractivity contribution in [3.63, 3.8) is 0 Å². The summed E-state index contributed by atoms with van der Waals surface area (Å²) in [5, 5.41) is 2.62. The minimum Gasteiger partial charge on any atom is -0.376 e. The Labute approximate surface area is 104 Å². The van der Waals surface area contributed by atoms with Crippen molar-refractivity contribution in [3.8, 4) is 0 Å². The molecular weight excluding hydrogens is 238 g/mol. The Kier molecular flexibility index (Phi) is 2.81. The Morgan fingerprint density at radius 1 is 1.47 bits per heavy atom. The number of carbonyl (C=O) groups is 2. The highest BCUT2D eigenvalue weighted by atomic mass is 32.1. The highest BCUT2D eigenvalue weighted by molar-refractivity contribution is 7.80. The van der Waals surface area contributed by atoms with E-state index in [1.165, 1.54) is 11.8 Å². The number of nitrogens with one attached hydrogen (secondary N) is 1. The molecular formula is C11H11N3O2S. The number of rotatable bonds is 1. The van der Waals surface area contributed by atoms with Crippen LogP contribution in [0.1, 0.15) is 17.3 Å². The summed E-state index contributed by atoms with van der Waals surface area (Å²) in [6.45, 7) is 1.39. The lowest BCUT2D eigenvalue weighted by atomic mass is 10.1. The van der Waals surface area contributed by atoms with Crippen LogP contribution in [0.5, 0.6) is 0 Å². The Hall–Kier alpha value is -1.95. The van der Waals surface area contributed by atoms with E-state index in [2.05, 4.69) is 5.32 Å². The lowest BCUT2D eigenvalue weighted by Gasteiger charge is -2.23. The molecule has 1 heterocycles. The lowest BCUT2D eigenvalue weighted by molar-refractivity contribution is -0.116. The van der Waals surface area contributed by atoms with Gasteiger partial charge in [-0.2, -0.15) is 0 Å². The molecule has 3 N–H and O–H groups in total. The molecule has 0 saturated heterocycles. The van der Waals surface area contributed by atoms with Crippen LogP contribution in [0.4, 0.5) is 5.69 Å². The summed E-state index contributed by atoms with van der Waals surface area (Å²) in [5.74, 6) is -0.444. The molecule has 1 aromatic carbocycles. The molecule has 1 aliphatic rings. The molecule has 17 heavy (non-hydrogen) atoms. The number of para-hydroxylation sites is 1. The standard InChI is InChI=1S/C11H11N3O2S/c1-6(15)14-8-5-3-2-4-7(8)9(16)10(14)13-11(12)17/h2-5,10H,1H3,(H3,12,13,17). The highest BCUT2D eigenvalue weighted by Gasteiger charge is 2.39. The number of nitrogens with zero attached hydrogens (tertiary/aromatic N) is 1. The molecule has 1 atom stereocenters. The predicted molar refractivity (Wildman–Crippen MR) is 67.6 cm³/mol. The van der Waals surface area contributed by atoms with Crippen molar-refractivity contribution < 1.29 is 9.59 Å². The van der Waals surface area contributed by atoms with Crippen LogP contribution in [0.15, 0.2) is 24.3 Å². The van der Waals surface area contributed by atoms with Gasteiger partial charge in [-0.1, -0.05) is 12.1 Å². The minimum absolute atomic E-state index is 0.0117. The van der Waals surface area contributed by atoms with Gasteiger partial charge in [0.05, 0.1) is 5.69 Å². The van der Waals surface area contributed by atoms with E-state index >= 15 is 0 Å². The van der Waals surface area contributed by atoms with Crippen LogP contribution in [-0.2, 0) is 4.79 Å². The van der Waals surface area contributed by atoms with Gasteiger partial charge < -0.3 is 11.1 Å². The van der Waals surface area contributed by atoms with E-state index in [9.17, 15) is 9.59 Å². The topological polar surface area (TPSA) is 75.4 Å². The van der Waals surface area contributed by atoms with E-state index in [4.69, 9.17) is 18.0 Å². The molecule has 2 rings (SSSR count). The number of carbonyl (C=O) groups excluding carboxylic acids is 2. The van der Waals surface area contributed by atoms with E-state index in [1.807, 2.05) is 0 Å². The third-order valence-electron chi connectivity index (χ3n) is 2.55. The van der Waals surface area contributed by atoms with Crippen LogP contribution in [0.2, 0.25) is 0 Å². The molecule has 1 aromatic rings. The van der Waals surface area contributed by atoms with Gasteiger partial charge in [0.1, 0.15) is 0 Å². The van der Waals surface area contributed by atoms with Gasteiger partial charge in [-0.3, -0.25) is 14.5 Å². The maximum atomic E-state index is 12.1. The minimum atomic E-state index is -0.831. The van der Waals surface area contributed by atoms with Crippen LogP contribution < -0.4 is 16.0 Å². The van der Waals surface area contributed by atoms with Crippen LogP contribution in [0.3, 0.4) is 0 Å². The Balaban J connectivity index is 2.47. The summed E-state index contributed by atoms with van der Waals surface area (Å²) in [7, 11) is 0. The Morgan fingerprint density at radius 3 is 2.71 bits per heavy atom. The average molecular weight is 249 g/mol. The van der Waals surface area contributed by atoms with Gasteiger partial charge in [0.2, 0.25) is 11.7 Å². The first-order valence-electron chi connectivity index (χ1n) is 5.01. The highest BCUT2D eigenvalue weighted by Crippen LogP contribution is 2.30. The number of hydrogen-bond donors (Lipinski definition) is 2. The Morgan fingerprint density at radius 2 is 2.12 bits per heavy atom. The van der Waals surface area contributed by atoms with Crippen molar-refractivity contribution in [3.05, 3.63) is 29.8 Å². The fourth-order valence-electron chi connectivity index (χ4n) is 1.91. The van der Waals surface area contributed by atoms with Crippen LogP contribution in [0, 0.1) is 0 Å². The molecule has 6 heteroatoms. The molecule has 0 radical (unpaired) electrons. The summed E-state index contributed by atoms with van der Waals surface area (Å²) in [5.41, 5.74) is 6.44. The van der Waals surface area contributed by atoms with Gasteiger partial charge in [0.15, 0.2) is 11.3 Å². The smallest absolute Gasteiger partial charge is 0.225 e. The van der Waals surface area contributed by atoms with Gasteiger partial charge >= 0.3 is 0 Å². The molecule has 88 valence electrons. The molecule has 0 bridgehead atoms. The third-order valence-corrected chi connectivity index (χ3v) is 2.67. The predicted octanol–water partition coefficient (Wildman–Crippen LogP) is 0.395. The maximum absolute atomic E-state index is 12.1. The largest absolute Gasteiger partial charge is 0.376 e. The molecule has 0 aliphatic carbocycles. The SMILES string of the molecule is CC(=O)N1c2ccccc2C(=O)C1NC(N)=S. The number of thiocarbonyl (C=S) groups is 1. The molecule has 1 aliphatic heterocycles. The average Bonchev–Trinajstić information content (AvgIpc) is 2.52. The van der Waals surface area contributed by atoms with E-state index in [0.29, 0.717) is 11.3 Å². The maximum Gasteiger partial charge on any atom is 0.225 e. The van der Waals surface area contributed by atoms with E-state index < -0.39 is 6.17 Å². The zero-order valence-corrected chi connectivity index (χ0v) is 9.95. The van der Waals surface area contributed by atoms with Crippen LogP contribution in [0.25, 0.3) is 0 Å². The number of fused-ring (bicyclic) bond motifs is 1. The fraction of sp³-hybridized carbons (Fsp3) is 0.182. The van der Waals surface area contributed by atoms with Gasteiger partial charge in [0.25, 0.3) is 0 Å². The zero-order valence-electron chi connectivity index (χ0n) is 9.14. The van der Waals surface area contributed by atoms with Crippen LogP contribution >= 0.6 is 12.2 Å². The molecule has 1 amide bonds. The van der Waals surface area contributed by atoms with Crippen molar-refractivity contribution in [2.24, 2.45) is 5.73 Å². The summed E-state index contributed by atoms with van der Waals surface area (Å²) in [4.78, 5) is 25.0. The van der Waals surface area contributed by atoms with Gasteiger partial charge in [-0.05, 0) is 24.4 Å². The van der Waals surface area contributed by atoms with Gasteiger partial charge in [0, 0.05) is 12.5 Å². The molecule has 5 nitrogen and oxygen atoms in total. The monoisotopic (exact) mass is 249 g/mol. The first kappa shape index (κ1) is 11.5. The second-order valence-corrected chi connectivity index (χ2v) is 4.12. The van der Waals surface area contributed by atoms with Crippen molar-refractivity contribution in [1.29, 1.82) is 0 Å². The molecule has 0 aromatic heterocycles. The quantitative estimate of drug-likeness (QED) is 0.704. The number of Topliss-reactive ketones (excluding diaryl/α,β-unsaturated/α-hetero) is 1. The summed E-state index contributed by atoms with van der Waals surface area (Å²) in [6, 6.07) is 6.91. The van der Waals surface area contributed by atoms with Crippen LogP contribution in [-0.4, -0.2) is 23.0 Å². The van der Waals surface area contributed by atoms with E-state index in [0.717, 1.165) is 0 Å². The normalized spacial score (nSPS) is 17.8. The summed E-state index contributed by atoms with van der Waals surface area (Å²) in [6.07, 6.45) is -0.831. The van der Waals surface area contributed by atoms with E-state index in [-0.39, 0.29) is 16.8 Å². The third kappa shape index (κ3) is 1.87. The van der Waals surface area contributed by atoms with E-state index in [1.54, 1.807) is 24.3 Å². The number of benzene rings is 1. The zero-order chi connectivity index (χ0) is 12.6. The summed E-state index contributed by atoms with van der Waals surface area (Å²) < 4.78 is 0. The molecule has 1 unspecified atom stereocenters. The fourth-order valence-corrected chi connectivity index (χ4v) is 2.02. The van der Waals surface area contributed by atoms with Crippen molar-refractivity contribution >= 4 is 34.7 Å². The second kappa shape index (κ2) is 4.14. The number of ketones is 1. The summed E-state index contributed by atoms with van der Waals surface area (Å²) >= 11 is 4.71.